The van der Waals surface area contributed by atoms with Crippen LogP contribution >= 0.6 is 0 Å². The maximum atomic E-state index is 6.55. The van der Waals surface area contributed by atoms with Crippen molar-refractivity contribution in [2.45, 2.75) is 5.41 Å². The molecule has 236 valence electrons. The summed E-state index contributed by atoms with van der Waals surface area (Å²) < 4.78 is 6.55. The van der Waals surface area contributed by atoms with Gasteiger partial charge in [-0.15, -0.1) is 0 Å². The summed E-state index contributed by atoms with van der Waals surface area (Å²) in [4.78, 5) is 10.2. The van der Waals surface area contributed by atoms with Gasteiger partial charge < -0.3 is 4.74 Å². The fourth-order valence-corrected chi connectivity index (χ4v) is 7.41. The van der Waals surface area contributed by atoms with Crippen LogP contribution in [0, 0.1) is 0 Å². The standard InChI is InChI=1S/C47H32N2O/c1-4-17-33(18-5-1)42-32-43(49-46(48-42)34-19-6-2-7-20-34)39-26-11-10-25-38(39)35-21-16-24-37(31-35)47(36-22-8-3-9-23-36)40-27-12-14-29-44(40)50-45-30-15-13-28-41(45)47/h1-32H. The SMILES string of the molecule is c1ccc(-c2cc(-c3ccccc3-c3cccc(C4(c5ccccc5)c5ccccc5Oc5ccccc54)c3)nc(-c3ccccc3)n2)cc1. The average Bonchev–Trinajstić information content (AvgIpc) is 3.21. The Bertz CT molecular complexity index is 2350. The van der Waals surface area contributed by atoms with Crippen LogP contribution in [0.2, 0.25) is 0 Å². The van der Waals surface area contributed by atoms with Crippen molar-refractivity contribution in [3.63, 3.8) is 0 Å². The van der Waals surface area contributed by atoms with Crippen molar-refractivity contribution in [2.75, 3.05) is 0 Å². The summed E-state index contributed by atoms with van der Waals surface area (Å²) in [6.45, 7) is 0. The maximum Gasteiger partial charge on any atom is 0.160 e. The molecule has 0 unspecified atom stereocenters. The number of aromatic nitrogens is 2. The van der Waals surface area contributed by atoms with Gasteiger partial charge >= 0.3 is 0 Å². The lowest BCUT2D eigenvalue weighted by Crippen LogP contribution is -2.34. The summed E-state index contributed by atoms with van der Waals surface area (Å²) in [5.41, 5.74) is 11.0. The Labute approximate surface area is 292 Å². The van der Waals surface area contributed by atoms with E-state index in [1.165, 1.54) is 5.56 Å². The number of hydrogen-bond donors (Lipinski definition) is 0. The van der Waals surface area contributed by atoms with E-state index in [1.807, 2.05) is 48.5 Å². The summed E-state index contributed by atoms with van der Waals surface area (Å²) in [5.74, 6) is 2.43. The van der Waals surface area contributed by atoms with Gasteiger partial charge in [0.1, 0.15) is 11.5 Å². The number of fused-ring (bicyclic) bond motifs is 2. The van der Waals surface area contributed by atoms with Crippen LogP contribution in [0.4, 0.5) is 0 Å². The Kier molecular flexibility index (Phi) is 7.37. The zero-order valence-corrected chi connectivity index (χ0v) is 27.3. The largest absolute Gasteiger partial charge is 0.457 e. The highest BCUT2D eigenvalue weighted by Crippen LogP contribution is 2.55. The minimum Gasteiger partial charge on any atom is -0.457 e. The van der Waals surface area contributed by atoms with Crippen LogP contribution in [0.15, 0.2) is 194 Å². The van der Waals surface area contributed by atoms with Gasteiger partial charge in [-0.05, 0) is 46.5 Å². The smallest absolute Gasteiger partial charge is 0.160 e. The third kappa shape index (κ3) is 4.99. The van der Waals surface area contributed by atoms with Crippen molar-refractivity contribution in [3.8, 4) is 56.5 Å². The predicted molar refractivity (Wildman–Crippen MR) is 202 cm³/mol. The van der Waals surface area contributed by atoms with Crippen molar-refractivity contribution in [3.05, 3.63) is 216 Å². The molecule has 1 aromatic heterocycles. The van der Waals surface area contributed by atoms with Gasteiger partial charge in [0.15, 0.2) is 5.82 Å². The molecule has 1 aliphatic heterocycles. The van der Waals surface area contributed by atoms with Crippen molar-refractivity contribution in [1.82, 2.24) is 9.97 Å². The molecule has 0 N–H and O–H groups in total. The topological polar surface area (TPSA) is 35.0 Å². The molecule has 1 aliphatic rings. The second-order valence-electron chi connectivity index (χ2n) is 12.5. The molecule has 3 nitrogen and oxygen atoms in total. The molecule has 0 bridgehead atoms. The van der Waals surface area contributed by atoms with Gasteiger partial charge in [0, 0.05) is 27.8 Å². The van der Waals surface area contributed by atoms with Crippen LogP contribution in [0.3, 0.4) is 0 Å². The van der Waals surface area contributed by atoms with Gasteiger partial charge in [-0.2, -0.15) is 0 Å². The average molecular weight is 641 g/mol. The fraction of sp³-hybridized carbons (Fsp3) is 0.0213. The van der Waals surface area contributed by atoms with Gasteiger partial charge in [-0.25, -0.2) is 9.97 Å². The van der Waals surface area contributed by atoms with Crippen LogP contribution in [-0.2, 0) is 5.41 Å². The number of hydrogen-bond acceptors (Lipinski definition) is 3. The molecular weight excluding hydrogens is 609 g/mol. The van der Waals surface area contributed by atoms with E-state index in [1.54, 1.807) is 0 Å². The van der Waals surface area contributed by atoms with Crippen LogP contribution in [-0.4, -0.2) is 9.97 Å². The number of benzene rings is 7. The van der Waals surface area contributed by atoms with Crippen LogP contribution in [0.25, 0.3) is 45.0 Å². The van der Waals surface area contributed by atoms with Crippen molar-refractivity contribution >= 4 is 0 Å². The molecule has 0 aliphatic carbocycles. The van der Waals surface area contributed by atoms with Crippen molar-refractivity contribution in [1.29, 1.82) is 0 Å². The quantitative estimate of drug-likeness (QED) is 0.181. The Morgan fingerprint density at radius 2 is 0.860 bits per heavy atom. The minimum atomic E-state index is -0.604. The van der Waals surface area contributed by atoms with Gasteiger partial charge in [0.2, 0.25) is 0 Å². The second-order valence-corrected chi connectivity index (χ2v) is 12.5. The van der Waals surface area contributed by atoms with Crippen molar-refractivity contribution in [2.24, 2.45) is 0 Å². The van der Waals surface area contributed by atoms with E-state index in [2.05, 4.69) is 146 Å². The van der Waals surface area contributed by atoms with Crippen LogP contribution in [0.5, 0.6) is 11.5 Å². The maximum absolute atomic E-state index is 6.55. The molecule has 50 heavy (non-hydrogen) atoms. The van der Waals surface area contributed by atoms with Crippen LogP contribution in [0.1, 0.15) is 22.3 Å². The molecule has 0 saturated heterocycles. The number of rotatable bonds is 6. The Hall–Kier alpha value is -6.58. The van der Waals surface area contributed by atoms with E-state index in [0.717, 1.165) is 67.4 Å². The second kappa shape index (κ2) is 12.5. The lowest BCUT2D eigenvalue weighted by molar-refractivity contribution is 0.434. The van der Waals surface area contributed by atoms with Gasteiger partial charge in [0.05, 0.1) is 16.8 Å². The molecule has 8 aromatic rings. The predicted octanol–water partition coefficient (Wildman–Crippen LogP) is 11.6. The lowest BCUT2D eigenvalue weighted by Gasteiger charge is -2.41. The van der Waals surface area contributed by atoms with Crippen LogP contribution < -0.4 is 4.74 Å². The normalized spacial score (nSPS) is 12.7. The zero-order valence-electron chi connectivity index (χ0n) is 27.3. The third-order valence-corrected chi connectivity index (χ3v) is 9.65. The van der Waals surface area contributed by atoms with E-state index >= 15 is 0 Å². The van der Waals surface area contributed by atoms with Gasteiger partial charge in [-0.1, -0.05) is 170 Å². The molecule has 2 heterocycles. The molecular formula is C47H32N2O. The summed E-state index contributed by atoms with van der Waals surface area (Å²) >= 11 is 0. The first-order chi connectivity index (χ1) is 24.8. The van der Waals surface area contributed by atoms with Gasteiger partial charge in [0.25, 0.3) is 0 Å². The summed E-state index contributed by atoms with van der Waals surface area (Å²) in [5, 5.41) is 0. The monoisotopic (exact) mass is 640 g/mol. The molecule has 0 amide bonds. The fourth-order valence-electron chi connectivity index (χ4n) is 7.41. The Morgan fingerprint density at radius 1 is 0.360 bits per heavy atom. The Morgan fingerprint density at radius 3 is 1.54 bits per heavy atom. The number of nitrogens with zero attached hydrogens (tertiary/aromatic N) is 2. The highest BCUT2D eigenvalue weighted by atomic mass is 16.5. The molecule has 0 radical (unpaired) electrons. The van der Waals surface area contributed by atoms with E-state index in [9.17, 15) is 0 Å². The summed E-state index contributed by atoms with van der Waals surface area (Å²) in [6, 6.07) is 67.9. The van der Waals surface area contributed by atoms with E-state index in [-0.39, 0.29) is 0 Å². The third-order valence-electron chi connectivity index (χ3n) is 9.65. The first-order valence-electron chi connectivity index (χ1n) is 16.9. The highest BCUT2D eigenvalue weighted by molar-refractivity contribution is 5.85. The first kappa shape index (κ1) is 29.6. The molecule has 0 fully saturated rings. The molecule has 7 aromatic carbocycles. The highest BCUT2D eigenvalue weighted by Gasteiger charge is 2.45. The Balaban J connectivity index is 1.27. The van der Waals surface area contributed by atoms with E-state index < -0.39 is 5.41 Å². The van der Waals surface area contributed by atoms with E-state index in [0.29, 0.717) is 5.82 Å². The molecule has 0 spiro atoms. The summed E-state index contributed by atoms with van der Waals surface area (Å²) in [6.07, 6.45) is 0. The summed E-state index contributed by atoms with van der Waals surface area (Å²) in [7, 11) is 0. The molecule has 9 rings (SSSR count). The molecule has 3 heteroatoms. The number of para-hydroxylation sites is 2. The molecule has 0 saturated carbocycles. The van der Waals surface area contributed by atoms with Gasteiger partial charge in [-0.3, -0.25) is 0 Å². The molecule has 0 atom stereocenters. The zero-order chi connectivity index (χ0) is 33.3. The first-order valence-corrected chi connectivity index (χ1v) is 16.9. The lowest BCUT2D eigenvalue weighted by atomic mass is 9.63. The minimum absolute atomic E-state index is 0.604. The van der Waals surface area contributed by atoms with Crippen molar-refractivity contribution < 1.29 is 4.74 Å². The number of ether oxygens (including phenoxy) is 1. The van der Waals surface area contributed by atoms with E-state index in [4.69, 9.17) is 14.7 Å².